The average Bonchev–Trinajstić information content (AvgIpc) is 2.66. The highest BCUT2D eigenvalue weighted by Gasteiger charge is 2.54. The number of nitrogen functional groups attached to an aromatic ring is 1. The zero-order valence-electron chi connectivity index (χ0n) is 17.4. The van der Waals surface area contributed by atoms with Crippen molar-refractivity contribution < 1.29 is 4.74 Å². The lowest BCUT2D eigenvalue weighted by molar-refractivity contribution is 0.167. The van der Waals surface area contributed by atoms with Crippen LogP contribution >= 0.6 is 0 Å². The van der Waals surface area contributed by atoms with Gasteiger partial charge in [0.1, 0.15) is 11.8 Å². The molecule has 4 atom stereocenters. The number of allylic oxidation sites excluding steroid dienone is 1. The van der Waals surface area contributed by atoms with E-state index in [9.17, 15) is 4.91 Å². The van der Waals surface area contributed by atoms with Gasteiger partial charge in [-0.2, -0.15) is 4.91 Å². The van der Waals surface area contributed by atoms with E-state index in [1.807, 2.05) is 6.92 Å². The molecule has 0 radical (unpaired) electrons. The van der Waals surface area contributed by atoms with Crippen LogP contribution in [0.4, 0.5) is 5.69 Å². The van der Waals surface area contributed by atoms with Gasteiger partial charge >= 0.3 is 0 Å². The summed E-state index contributed by atoms with van der Waals surface area (Å²) < 4.78 is 5.85. The Morgan fingerprint density at radius 1 is 1.14 bits per heavy atom. The summed E-state index contributed by atoms with van der Waals surface area (Å²) in [4.78, 5) is 12.2. The van der Waals surface area contributed by atoms with Crippen LogP contribution in [0.2, 0.25) is 0 Å². The molecule has 1 aromatic rings. The van der Waals surface area contributed by atoms with E-state index in [0.29, 0.717) is 5.69 Å². The Kier molecular flexibility index (Phi) is 4.77. The van der Waals surface area contributed by atoms with E-state index in [-0.39, 0.29) is 11.3 Å². The smallest absolute Gasteiger partial charge is 0.145 e. The van der Waals surface area contributed by atoms with Crippen molar-refractivity contribution in [3.05, 3.63) is 39.3 Å². The van der Waals surface area contributed by atoms with E-state index in [1.165, 1.54) is 29.5 Å². The quantitative estimate of drug-likeness (QED) is 0.453. The lowest BCUT2D eigenvalue weighted by Gasteiger charge is -2.53. The Hall–Kier alpha value is -1.88. The molecule has 0 saturated heterocycles. The van der Waals surface area contributed by atoms with Crippen LogP contribution in [0.15, 0.2) is 22.9 Å². The summed E-state index contributed by atoms with van der Waals surface area (Å²) in [6.07, 6.45) is 10.9. The van der Waals surface area contributed by atoms with Gasteiger partial charge in [-0.05, 0) is 74.5 Å². The molecule has 152 valence electrons. The lowest BCUT2D eigenvalue weighted by atomic mass is 9.53. The largest absolute Gasteiger partial charge is 0.494 e. The van der Waals surface area contributed by atoms with Gasteiger partial charge in [-0.15, -0.1) is 0 Å². The van der Waals surface area contributed by atoms with Crippen LogP contribution in [0.3, 0.4) is 0 Å². The molecule has 1 saturated carbocycles. The fourth-order valence-corrected chi connectivity index (χ4v) is 6.16. The van der Waals surface area contributed by atoms with Crippen LogP contribution in [-0.4, -0.2) is 18.7 Å². The van der Waals surface area contributed by atoms with Gasteiger partial charge in [0, 0.05) is 11.5 Å². The number of nitrogens with two attached hydrogens (primary N) is 2. The van der Waals surface area contributed by atoms with E-state index >= 15 is 0 Å². The van der Waals surface area contributed by atoms with Crippen molar-refractivity contribution in [2.24, 2.45) is 16.3 Å². The minimum atomic E-state index is -0.768. The van der Waals surface area contributed by atoms with E-state index in [4.69, 9.17) is 16.2 Å². The standard InChI is InChI=1S/C23H33N3O2/c1-22-11-7-6-9-15(22)13-23(2,25)21(26-27)19(22)18-16-10-5-4-8-14(16)12-17(24)20(18)28-3/h12-13,19,21H,4-11,24-25H2,1-3H3/t19?,21-,22?,23?/m1/s1. The number of aryl methyl sites for hydroxylation is 1. The van der Waals surface area contributed by atoms with Gasteiger partial charge in [-0.3, -0.25) is 0 Å². The first-order valence-corrected chi connectivity index (χ1v) is 10.6. The van der Waals surface area contributed by atoms with E-state index in [0.717, 1.165) is 49.8 Å². The van der Waals surface area contributed by atoms with Crippen LogP contribution in [0.1, 0.15) is 75.0 Å². The predicted molar refractivity (Wildman–Crippen MR) is 114 cm³/mol. The Morgan fingerprint density at radius 3 is 2.57 bits per heavy atom. The zero-order chi connectivity index (χ0) is 20.1. The van der Waals surface area contributed by atoms with Crippen molar-refractivity contribution in [2.75, 3.05) is 12.8 Å². The summed E-state index contributed by atoms with van der Waals surface area (Å²) in [6, 6.07) is 1.53. The number of nitroso groups, excluding NO2 is 1. The molecule has 0 amide bonds. The summed E-state index contributed by atoms with van der Waals surface area (Å²) in [7, 11) is 1.68. The van der Waals surface area contributed by atoms with Crippen molar-refractivity contribution in [3.63, 3.8) is 0 Å². The maximum absolute atomic E-state index is 12.2. The van der Waals surface area contributed by atoms with Crippen molar-refractivity contribution in [2.45, 2.75) is 82.7 Å². The van der Waals surface area contributed by atoms with Crippen LogP contribution < -0.4 is 16.2 Å². The predicted octanol–water partition coefficient (Wildman–Crippen LogP) is 4.61. The first kappa shape index (κ1) is 19.4. The number of hydrogen-bond acceptors (Lipinski definition) is 5. The molecule has 4 N–H and O–H groups in total. The van der Waals surface area contributed by atoms with E-state index in [2.05, 4.69) is 24.2 Å². The SMILES string of the molecule is COc1c(N)cc2c(c1C1[C@@H](N=O)C(C)(N)C=C3CCCCC31C)CCCC2. The Labute approximate surface area is 167 Å². The Morgan fingerprint density at radius 2 is 1.86 bits per heavy atom. The van der Waals surface area contributed by atoms with Gasteiger partial charge in [-0.25, -0.2) is 0 Å². The third-order valence-electron chi connectivity index (χ3n) is 7.55. The molecule has 4 rings (SSSR count). The number of benzene rings is 1. The normalized spacial score (nSPS) is 34.8. The summed E-state index contributed by atoms with van der Waals surface area (Å²) in [5, 5.41) is 3.63. The molecule has 3 aliphatic carbocycles. The van der Waals surface area contributed by atoms with Crippen molar-refractivity contribution in [1.29, 1.82) is 0 Å². The number of methoxy groups -OCH3 is 1. The van der Waals surface area contributed by atoms with Gasteiger partial charge in [0.2, 0.25) is 0 Å². The second kappa shape index (κ2) is 6.87. The second-order valence-electron chi connectivity index (χ2n) is 9.45. The third-order valence-corrected chi connectivity index (χ3v) is 7.55. The summed E-state index contributed by atoms with van der Waals surface area (Å²) in [5.74, 6) is 0.619. The molecule has 28 heavy (non-hydrogen) atoms. The lowest BCUT2D eigenvalue weighted by Crippen LogP contribution is -2.56. The molecule has 3 unspecified atom stereocenters. The third kappa shape index (κ3) is 2.78. The van der Waals surface area contributed by atoms with E-state index in [1.54, 1.807) is 7.11 Å². The summed E-state index contributed by atoms with van der Waals surface area (Å²) >= 11 is 0. The first-order chi connectivity index (χ1) is 13.3. The van der Waals surface area contributed by atoms with Gasteiger partial charge < -0.3 is 16.2 Å². The fraction of sp³-hybridized carbons (Fsp3) is 0.652. The van der Waals surface area contributed by atoms with Crippen molar-refractivity contribution in [3.8, 4) is 5.75 Å². The Balaban J connectivity index is 2.02. The minimum Gasteiger partial charge on any atom is -0.494 e. The molecule has 0 heterocycles. The highest BCUT2D eigenvalue weighted by atomic mass is 16.5. The highest BCUT2D eigenvalue weighted by molar-refractivity contribution is 5.65. The topological polar surface area (TPSA) is 90.7 Å². The number of hydrogen-bond donors (Lipinski definition) is 2. The number of rotatable bonds is 3. The van der Waals surface area contributed by atoms with E-state index < -0.39 is 11.6 Å². The molecular weight excluding hydrogens is 350 g/mol. The van der Waals surface area contributed by atoms with Crippen molar-refractivity contribution >= 4 is 5.69 Å². The molecule has 1 fully saturated rings. The number of anilines is 1. The first-order valence-electron chi connectivity index (χ1n) is 10.6. The van der Waals surface area contributed by atoms with Crippen molar-refractivity contribution in [1.82, 2.24) is 0 Å². The Bertz CT molecular complexity index is 830. The zero-order valence-corrected chi connectivity index (χ0v) is 17.4. The average molecular weight is 384 g/mol. The monoisotopic (exact) mass is 383 g/mol. The molecule has 1 aromatic carbocycles. The second-order valence-corrected chi connectivity index (χ2v) is 9.45. The van der Waals surface area contributed by atoms with Gasteiger partial charge in [-0.1, -0.05) is 30.2 Å². The maximum atomic E-state index is 12.2. The molecule has 5 nitrogen and oxygen atoms in total. The molecular formula is C23H33N3O2. The number of nitrogens with zero attached hydrogens (tertiary/aromatic N) is 1. The summed E-state index contributed by atoms with van der Waals surface area (Å²) in [6.45, 7) is 4.24. The van der Waals surface area contributed by atoms with Crippen LogP contribution in [0.5, 0.6) is 5.75 Å². The minimum absolute atomic E-state index is 0.106. The van der Waals surface area contributed by atoms with Gasteiger partial charge in [0.15, 0.2) is 0 Å². The molecule has 0 aromatic heterocycles. The van der Waals surface area contributed by atoms with Crippen LogP contribution in [0, 0.1) is 10.3 Å². The fourth-order valence-electron chi connectivity index (χ4n) is 6.16. The summed E-state index contributed by atoms with van der Waals surface area (Å²) in [5.41, 5.74) is 18.0. The molecule has 5 heteroatoms. The highest BCUT2D eigenvalue weighted by Crippen LogP contribution is 2.60. The van der Waals surface area contributed by atoms with Crippen LogP contribution in [0.25, 0.3) is 0 Å². The molecule has 0 aliphatic heterocycles. The molecule has 3 aliphatic rings. The van der Waals surface area contributed by atoms with Gasteiger partial charge in [0.25, 0.3) is 0 Å². The molecule has 0 bridgehead atoms. The van der Waals surface area contributed by atoms with Crippen LogP contribution in [-0.2, 0) is 12.8 Å². The number of ether oxygens (including phenoxy) is 1. The maximum Gasteiger partial charge on any atom is 0.145 e. The molecule has 0 spiro atoms. The number of fused-ring (bicyclic) bond motifs is 2. The van der Waals surface area contributed by atoms with Gasteiger partial charge in [0.05, 0.1) is 18.3 Å².